The van der Waals surface area contributed by atoms with E-state index < -0.39 is 17.6 Å². The van der Waals surface area contributed by atoms with Gasteiger partial charge in [0.1, 0.15) is 5.82 Å². The molecular formula is C14H18ClFN2O3. The highest BCUT2D eigenvalue weighted by atomic mass is 35.5. The van der Waals surface area contributed by atoms with Crippen molar-refractivity contribution in [3.8, 4) is 0 Å². The summed E-state index contributed by atoms with van der Waals surface area (Å²) in [5, 5.41) is 13.7. The van der Waals surface area contributed by atoms with Gasteiger partial charge in [-0.1, -0.05) is 25.4 Å². The molecule has 0 aliphatic carbocycles. The number of hydrogen-bond acceptors (Lipinski definition) is 3. The van der Waals surface area contributed by atoms with Gasteiger partial charge in [0.05, 0.1) is 5.02 Å². The van der Waals surface area contributed by atoms with E-state index in [2.05, 4.69) is 10.6 Å². The molecule has 0 spiro atoms. The third-order valence-electron chi connectivity index (χ3n) is 2.95. The lowest BCUT2D eigenvalue weighted by Crippen LogP contribution is -2.44. The normalized spacial score (nSPS) is 12.1. The number of rotatable bonds is 5. The van der Waals surface area contributed by atoms with E-state index in [9.17, 15) is 14.0 Å². The standard InChI is InChI=1S/C14H18ClFN2O3/c1-8(2)12(5-6-19)18-14(21)13(20)17-9-3-4-10(15)11(16)7-9/h3-4,7-8,12,19H,5-6H2,1-2H3,(H,17,20)(H,18,21). The summed E-state index contributed by atoms with van der Waals surface area (Å²) in [6.07, 6.45) is 0.353. The molecule has 21 heavy (non-hydrogen) atoms. The molecule has 0 saturated carbocycles. The van der Waals surface area contributed by atoms with Gasteiger partial charge >= 0.3 is 11.8 Å². The van der Waals surface area contributed by atoms with E-state index in [1.165, 1.54) is 12.1 Å². The highest BCUT2D eigenvalue weighted by Crippen LogP contribution is 2.18. The zero-order valence-electron chi connectivity index (χ0n) is 11.8. The number of carbonyl (C=O) groups excluding carboxylic acids is 2. The fraction of sp³-hybridized carbons (Fsp3) is 0.429. The minimum atomic E-state index is -0.902. The topological polar surface area (TPSA) is 78.4 Å². The average Bonchev–Trinajstić information content (AvgIpc) is 2.42. The summed E-state index contributed by atoms with van der Waals surface area (Å²) in [4.78, 5) is 23.5. The SMILES string of the molecule is CC(C)C(CCO)NC(=O)C(=O)Nc1ccc(Cl)c(F)c1. The number of amides is 2. The van der Waals surface area contributed by atoms with Crippen LogP contribution in [-0.4, -0.2) is 29.6 Å². The van der Waals surface area contributed by atoms with E-state index in [1.54, 1.807) is 0 Å². The molecule has 0 saturated heterocycles. The summed E-state index contributed by atoms with van der Waals surface area (Å²) >= 11 is 5.53. The van der Waals surface area contributed by atoms with E-state index in [0.29, 0.717) is 6.42 Å². The number of anilines is 1. The summed E-state index contributed by atoms with van der Waals surface area (Å²) in [7, 11) is 0. The second kappa shape index (κ2) is 7.95. The lowest BCUT2D eigenvalue weighted by atomic mass is 10.0. The largest absolute Gasteiger partial charge is 0.396 e. The van der Waals surface area contributed by atoms with E-state index >= 15 is 0 Å². The molecule has 0 fully saturated rings. The van der Waals surface area contributed by atoms with Gasteiger partial charge in [0.2, 0.25) is 0 Å². The van der Waals surface area contributed by atoms with Crippen LogP contribution in [0, 0.1) is 11.7 Å². The lowest BCUT2D eigenvalue weighted by molar-refractivity contribution is -0.136. The molecule has 3 N–H and O–H groups in total. The molecule has 1 unspecified atom stereocenters. The van der Waals surface area contributed by atoms with Crippen LogP contribution in [-0.2, 0) is 9.59 Å². The summed E-state index contributed by atoms with van der Waals surface area (Å²) < 4.78 is 13.2. The van der Waals surface area contributed by atoms with Gasteiger partial charge in [-0.05, 0) is 30.5 Å². The number of hydrogen-bond donors (Lipinski definition) is 3. The average molecular weight is 317 g/mol. The zero-order valence-corrected chi connectivity index (χ0v) is 12.6. The van der Waals surface area contributed by atoms with Crippen LogP contribution in [0.15, 0.2) is 18.2 Å². The molecule has 0 aliphatic rings. The summed E-state index contributed by atoms with van der Waals surface area (Å²) in [5.74, 6) is -2.35. The molecule has 0 aliphatic heterocycles. The van der Waals surface area contributed by atoms with Crippen molar-refractivity contribution >= 4 is 29.1 Å². The van der Waals surface area contributed by atoms with Crippen molar-refractivity contribution in [3.63, 3.8) is 0 Å². The van der Waals surface area contributed by atoms with E-state index in [-0.39, 0.29) is 29.3 Å². The molecule has 0 aromatic heterocycles. The molecule has 0 heterocycles. The Kier molecular flexibility index (Phi) is 6.58. The number of halogens is 2. The number of benzene rings is 1. The van der Waals surface area contributed by atoms with Crippen LogP contribution in [0.2, 0.25) is 5.02 Å². The molecule has 116 valence electrons. The van der Waals surface area contributed by atoms with Crippen LogP contribution in [0.25, 0.3) is 0 Å². The van der Waals surface area contributed by atoms with Crippen molar-refractivity contribution in [2.75, 3.05) is 11.9 Å². The maximum atomic E-state index is 13.2. The van der Waals surface area contributed by atoms with Crippen molar-refractivity contribution in [1.82, 2.24) is 5.32 Å². The van der Waals surface area contributed by atoms with Gasteiger partial charge in [-0.3, -0.25) is 9.59 Å². The molecule has 1 atom stereocenters. The number of aliphatic hydroxyl groups excluding tert-OH is 1. The second-order valence-corrected chi connectivity index (χ2v) is 5.33. The highest BCUT2D eigenvalue weighted by molar-refractivity contribution is 6.39. The maximum Gasteiger partial charge on any atom is 0.313 e. The first-order valence-corrected chi connectivity index (χ1v) is 6.90. The molecule has 1 aromatic carbocycles. The Balaban J connectivity index is 2.65. The molecule has 5 nitrogen and oxygen atoms in total. The monoisotopic (exact) mass is 316 g/mol. The van der Waals surface area contributed by atoms with Crippen molar-refractivity contribution < 1.29 is 19.1 Å². The van der Waals surface area contributed by atoms with E-state index in [4.69, 9.17) is 16.7 Å². The first kappa shape index (κ1) is 17.4. The van der Waals surface area contributed by atoms with Crippen LogP contribution in [0.3, 0.4) is 0 Å². The van der Waals surface area contributed by atoms with E-state index in [0.717, 1.165) is 6.07 Å². The fourth-order valence-electron chi connectivity index (χ4n) is 1.71. The molecule has 0 bridgehead atoms. The molecule has 2 amide bonds. The Morgan fingerprint density at radius 1 is 1.33 bits per heavy atom. The predicted octanol–water partition coefficient (Wildman–Crippen LogP) is 1.94. The Labute approximate surface area is 127 Å². The Morgan fingerprint density at radius 2 is 2.00 bits per heavy atom. The van der Waals surface area contributed by atoms with Gasteiger partial charge in [-0.15, -0.1) is 0 Å². The minimum Gasteiger partial charge on any atom is -0.396 e. The first-order valence-electron chi connectivity index (χ1n) is 6.53. The van der Waals surface area contributed by atoms with Gasteiger partial charge in [0.25, 0.3) is 0 Å². The molecular weight excluding hydrogens is 299 g/mol. The summed E-state index contributed by atoms with van der Waals surface area (Å²) in [6, 6.07) is 3.40. The predicted molar refractivity (Wildman–Crippen MR) is 78.5 cm³/mol. The zero-order chi connectivity index (χ0) is 16.0. The molecule has 0 radical (unpaired) electrons. The van der Waals surface area contributed by atoms with Crippen LogP contribution < -0.4 is 10.6 Å². The van der Waals surface area contributed by atoms with Crippen LogP contribution >= 0.6 is 11.6 Å². The second-order valence-electron chi connectivity index (χ2n) is 4.92. The van der Waals surface area contributed by atoms with Crippen LogP contribution in [0.1, 0.15) is 20.3 Å². The van der Waals surface area contributed by atoms with Crippen LogP contribution in [0.5, 0.6) is 0 Å². The number of aliphatic hydroxyl groups is 1. The van der Waals surface area contributed by atoms with Gasteiger partial charge in [-0.2, -0.15) is 0 Å². The summed E-state index contributed by atoms with van der Waals surface area (Å²) in [5.41, 5.74) is 0.139. The number of nitrogens with one attached hydrogen (secondary N) is 2. The van der Waals surface area contributed by atoms with Gasteiger partial charge in [0.15, 0.2) is 0 Å². The molecule has 7 heteroatoms. The maximum absolute atomic E-state index is 13.2. The third kappa shape index (κ3) is 5.32. The van der Waals surface area contributed by atoms with Crippen molar-refractivity contribution in [2.24, 2.45) is 5.92 Å². The van der Waals surface area contributed by atoms with Crippen molar-refractivity contribution in [1.29, 1.82) is 0 Å². The minimum absolute atomic E-state index is 0.0692. The van der Waals surface area contributed by atoms with Crippen molar-refractivity contribution in [2.45, 2.75) is 26.3 Å². The van der Waals surface area contributed by atoms with Gasteiger partial charge in [-0.25, -0.2) is 4.39 Å². The molecule has 1 rings (SSSR count). The van der Waals surface area contributed by atoms with Crippen molar-refractivity contribution in [3.05, 3.63) is 29.0 Å². The van der Waals surface area contributed by atoms with Gasteiger partial charge < -0.3 is 15.7 Å². The quantitative estimate of drug-likeness (QED) is 0.726. The first-order chi connectivity index (χ1) is 9.85. The Hall–Kier alpha value is -1.66. The van der Waals surface area contributed by atoms with E-state index in [1.807, 2.05) is 13.8 Å². The van der Waals surface area contributed by atoms with Crippen LogP contribution in [0.4, 0.5) is 10.1 Å². The molecule has 1 aromatic rings. The smallest absolute Gasteiger partial charge is 0.313 e. The highest BCUT2D eigenvalue weighted by Gasteiger charge is 2.20. The Morgan fingerprint density at radius 3 is 2.52 bits per heavy atom. The van der Waals surface area contributed by atoms with Gasteiger partial charge in [0, 0.05) is 18.3 Å². The summed E-state index contributed by atoms with van der Waals surface area (Å²) in [6.45, 7) is 3.65. The lowest BCUT2D eigenvalue weighted by Gasteiger charge is -2.21. The third-order valence-corrected chi connectivity index (χ3v) is 3.25. The fourth-order valence-corrected chi connectivity index (χ4v) is 1.82. The Bertz CT molecular complexity index is 523. The number of carbonyl (C=O) groups is 2.